The predicted octanol–water partition coefficient (Wildman–Crippen LogP) is 7.51. The lowest BCUT2D eigenvalue weighted by Crippen LogP contribution is -2.30. The van der Waals surface area contributed by atoms with E-state index in [4.69, 9.17) is 32.7 Å². The van der Waals surface area contributed by atoms with E-state index in [0.717, 1.165) is 27.7 Å². The molecule has 1 aliphatic rings. The SMILES string of the molecule is CCc1ccc(N[C@H]2NC(=O)/C(=C/c3cc(OC)c(OCc4ccc(Cl)cc4Cl)cc3Br)S2)cc1. The lowest BCUT2D eigenvalue weighted by molar-refractivity contribution is -0.116. The highest BCUT2D eigenvalue weighted by Crippen LogP contribution is 2.38. The lowest BCUT2D eigenvalue weighted by atomic mass is 10.1. The number of carbonyl (C=O) groups is 1. The molecule has 1 heterocycles. The highest BCUT2D eigenvalue weighted by molar-refractivity contribution is 9.10. The van der Waals surface area contributed by atoms with Crippen LogP contribution in [-0.4, -0.2) is 18.5 Å². The van der Waals surface area contributed by atoms with Gasteiger partial charge in [0.2, 0.25) is 0 Å². The summed E-state index contributed by atoms with van der Waals surface area (Å²) in [6, 6.07) is 17.1. The average Bonchev–Trinajstić information content (AvgIpc) is 3.18. The van der Waals surface area contributed by atoms with E-state index in [-0.39, 0.29) is 18.0 Å². The molecule has 35 heavy (non-hydrogen) atoms. The van der Waals surface area contributed by atoms with Gasteiger partial charge in [0.25, 0.3) is 5.91 Å². The van der Waals surface area contributed by atoms with Crippen molar-refractivity contribution in [2.45, 2.75) is 25.4 Å². The second-order valence-corrected chi connectivity index (χ2v) is 10.6. The van der Waals surface area contributed by atoms with Crippen LogP contribution < -0.4 is 20.1 Å². The number of amides is 1. The van der Waals surface area contributed by atoms with Gasteiger partial charge in [0.05, 0.1) is 12.0 Å². The van der Waals surface area contributed by atoms with Crippen LogP contribution in [0.2, 0.25) is 10.0 Å². The van der Waals surface area contributed by atoms with E-state index in [1.165, 1.54) is 17.3 Å². The molecular formula is C26H23BrCl2N2O3S. The number of aryl methyl sites for hydroxylation is 1. The van der Waals surface area contributed by atoms with Crippen LogP contribution in [0.4, 0.5) is 5.69 Å². The minimum Gasteiger partial charge on any atom is -0.493 e. The zero-order valence-electron chi connectivity index (χ0n) is 19.0. The fourth-order valence-electron chi connectivity index (χ4n) is 3.42. The first-order valence-electron chi connectivity index (χ1n) is 10.8. The monoisotopic (exact) mass is 592 g/mol. The Bertz CT molecular complexity index is 1270. The number of hydrogen-bond acceptors (Lipinski definition) is 5. The number of rotatable bonds is 8. The zero-order chi connectivity index (χ0) is 24.9. The van der Waals surface area contributed by atoms with Gasteiger partial charge in [0, 0.05) is 25.8 Å². The third-order valence-electron chi connectivity index (χ3n) is 5.36. The van der Waals surface area contributed by atoms with Gasteiger partial charge in [-0.15, -0.1) is 0 Å². The molecule has 1 amide bonds. The summed E-state index contributed by atoms with van der Waals surface area (Å²) in [6.07, 6.45) is 2.81. The number of halogens is 3. The van der Waals surface area contributed by atoms with E-state index in [2.05, 4.69) is 45.6 Å². The fourth-order valence-corrected chi connectivity index (χ4v) is 5.30. The molecular weight excluding hydrogens is 571 g/mol. The van der Waals surface area contributed by atoms with Crippen molar-refractivity contribution in [2.24, 2.45) is 0 Å². The van der Waals surface area contributed by atoms with Crippen molar-refractivity contribution in [1.29, 1.82) is 0 Å². The van der Waals surface area contributed by atoms with Crippen molar-refractivity contribution in [3.8, 4) is 11.5 Å². The summed E-state index contributed by atoms with van der Waals surface area (Å²) in [5.41, 5.74) is 3.56. The molecule has 1 saturated heterocycles. The molecule has 9 heteroatoms. The normalized spacial score (nSPS) is 16.3. The predicted molar refractivity (Wildman–Crippen MR) is 148 cm³/mol. The summed E-state index contributed by atoms with van der Waals surface area (Å²) in [5.74, 6) is 0.951. The minimum atomic E-state index is -0.256. The van der Waals surface area contributed by atoms with Gasteiger partial charge < -0.3 is 20.1 Å². The van der Waals surface area contributed by atoms with Crippen LogP contribution in [0.1, 0.15) is 23.6 Å². The van der Waals surface area contributed by atoms with Crippen LogP contribution >= 0.6 is 50.9 Å². The fraction of sp³-hybridized carbons (Fsp3) is 0.192. The van der Waals surface area contributed by atoms with Crippen LogP contribution in [0, 0.1) is 0 Å². The number of anilines is 1. The summed E-state index contributed by atoms with van der Waals surface area (Å²) >= 11 is 17.2. The van der Waals surface area contributed by atoms with Crippen molar-refractivity contribution in [2.75, 3.05) is 12.4 Å². The first-order chi connectivity index (χ1) is 16.9. The molecule has 1 fully saturated rings. The van der Waals surface area contributed by atoms with Crippen molar-refractivity contribution in [3.63, 3.8) is 0 Å². The Labute approximate surface area is 227 Å². The van der Waals surface area contributed by atoms with Gasteiger partial charge in [-0.2, -0.15) is 0 Å². The molecule has 0 aromatic heterocycles. The van der Waals surface area contributed by atoms with E-state index in [1.54, 1.807) is 19.2 Å². The molecule has 0 spiro atoms. The van der Waals surface area contributed by atoms with Crippen molar-refractivity contribution in [1.82, 2.24) is 5.32 Å². The van der Waals surface area contributed by atoms with E-state index in [1.807, 2.05) is 36.4 Å². The Kier molecular flexibility index (Phi) is 8.55. The molecule has 4 rings (SSSR count). The summed E-state index contributed by atoms with van der Waals surface area (Å²) in [6.45, 7) is 2.37. The van der Waals surface area contributed by atoms with Crippen LogP contribution in [0.3, 0.4) is 0 Å². The van der Waals surface area contributed by atoms with Gasteiger partial charge in [-0.05, 0) is 60.0 Å². The van der Waals surface area contributed by atoms with Crippen LogP contribution in [0.25, 0.3) is 6.08 Å². The summed E-state index contributed by atoms with van der Waals surface area (Å²) in [5, 5.41) is 7.40. The molecule has 0 aliphatic carbocycles. The highest BCUT2D eigenvalue weighted by Gasteiger charge is 2.27. The molecule has 0 saturated carbocycles. The minimum absolute atomic E-state index is 0.138. The smallest absolute Gasteiger partial charge is 0.260 e. The molecule has 0 bridgehead atoms. The average molecular weight is 594 g/mol. The number of thioether (sulfide) groups is 1. The Morgan fingerprint density at radius 2 is 1.89 bits per heavy atom. The van der Waals surface area contributed by atoms with Gasteiger partial charge in [-0.25, -0.2) is 0 Å². The topological polar surface area (TPSA) is 59.6 Å². The summed E-state index contributed by atoms with van der Waals surface area (Å²) in [7, 11) is 1.57. The molecule has 0 unspecified atom stereocenters. The highest BCUT2D eigenvalue weighted by atomic mass is 79.9. The molecule has 1 atom stereocenters. The third kappa shape index (κ3) is 6.47. The standard InChI is InChI=1S/C26H23BrCl2N2O3S/c1-3-15-4-8-19(9-5-15)30-26-31-25(32)24(35-26)11-17-10-22(33-2)23(13-20(17)27)34-14-16-6-7-18(28)12-21(16)29/h4-13,26,30H,3,14H2,1-2H3,(H,31,32)/b24-11-/t26-/m0/s1. The van der Waals surface area contributed by atoms with Crippen molar-refractivity contribution < 1.29 is 14.3 Å². The Balaban J connectivity index is 1.48. The van der Waals surface area contributed by atoms with Gasteiger partial charge in [0.15, 0.2) is 17.0 Å². The molecule has 3 aromatic carbocycles. The van der Waals surface area contributed by atoms with Gasteiger partial charge in [0.1, 0.15) is 6.61 Å². The van der Waals surface area contributed by atoms with Crippen molar-refractivity contribution in [3.05, 3.63) is 90.7 Å². The number of ether oxygens (including phenoxy) is 2. The Hall–Kier alpha value is -2.32. The number of benzene rings is 3. The molecule has 0 radical (unpaired) electrons. The number of hydrogen-bond donors (Lipinski definition) is 2. The van der Waals surface area contributed by atoms with E-state index >= 15 is 0 Å². The molecule has 5 nitrogen and oxygen atoms in total. The van der Waals surface area contributed by atoms with Gasteiger partial charge in [-0.1, -0.05) is 76.0 Å². The zero-order valence-corrected chi connectivity index (χ0v) is 22.9. The first kappa shape index (κ1) is 25.8. The maximum atomic E-state index is 12.6. The van der Waals surface area contributed by atoms with Crippen LogP contribution in [-0.2, 0) is 17.8 Å². The largest absolute Gasteiger partial charge is 0.493 e. The van der Waals surface area contributed by atoms with Crippen LogP contribution in [0.15, 0.2) is 64.0 Å². The molecule has 182 valence electrons. The Morgan fingerprint density at radius 3 is 2.57 bits per heavy atom. The van der Waals surface area contributed by atoms with E-state index in [0.29, 0.717) is 26.4 Å². The second-order valence-electron chi connectivity index (χ2n) is 7.72. The van der Waals surface area contributed by atoms with Crippen LogP contribution in [0.5, 0.6) is 11.5 Å². The van der Waals surface area contributed by atoms with Crippen molar-refractivity contribution >= 4 is 68.6 Å². The number of methoxy groups -OCH3 is 1. The maximum Gasteiger partial charge on any atom is 0.260 e. The first-order valence-corrected chi connectivity index (χ1v) is 13.3. The summed E-state index contributed by atoms with van der Waals surface area (Å²) in [4.78, 5) is 13.2. The Morgan fingerprint density at radius 1 is 1.11 bits per heavy atom. The maximum absolute atomic E-state index is 12.6. The third-order valence-corrected chi connectivity index (χ3v) is 7.66. The lowest BCUT2D eigenvalue weighted by Gasteiger charge is -2.14. The number of nitrogens with one attached hydrogen (secondary N) is 2. The van der Waals surface area contributed by atoms with E-state index < -0.39 is 0 Å². The summed E-state index contributed by atoms with van der Waals surface area (Å²) < 4.78 is 12.3. The quantitative estimate of drug-likeness (QED) is 0.265. The van der Waals surface area contributed by atoms with E-state index in [9.17, 15) is 4.79 Å². The van der Waals surface area contributed by atoms with Gasteiger partial charge >= 0.3 is 0 Å². The second kappa shape index (κ2) is 11.6. The molecule has 3 aromatic rings. The van der Waals surface area contributed by atoms with Gasteiger partial charge in [-0.3, -0.25) is 4.79 Å². The number of carbonyl (C=O) groups excluding carboxylic acids is 1. The molecule has 1 aliphatic heterocycles. The molecule has 2 N–H and O–H groups in total.